The Bertz CT molecular complexity index is 269. The molecule has 2 N–H and O–H groups in total. The third-order valence-corrected chi connectivity index (χ3v) is 1.70. The highest BCUT2D eigenvalue weighted by atomic mass is 19.4. The van der Waals surface area contributed by atoms with Crippen LogP contribution in [0.1, 0.15) is 20.8 Å². The minimum absolute atomic E-state index is 0.255. The van der Waals surface area contributed by atoms with Crippen LogP contribution in [0.5, 0.6) is 0 Å². The molecule has 0 aromatic heterocycles. The summed E-state index contributed by atoms with van der Waals surface area (Å²) in [7, 11) is 0. The van der Waals surface area contributed by atoms with Crippen LogP contribution in [0.3, 0.4) is 0 Å². The van der Waals surface area contributed by atoms with Gasteiger partial charge in [0.05, 0.1) is 6.54 Å². The summed E-state index contributed by atoms with van der Waals surface area (Å²) in [6.45, 7) is 3.27. The fourth-order valence-corrected chi connectivity index (χ4v) is 0.669. The van der Waals surface area contributed by atoms with E-state index in [0.29, 0.717) is 0 Å². The smallest absolute Gasteiger partial charge is 0.331 e. The lowest BCUT2D eigenvalue weighted by molar-refractivity contribution is -0.125. The number of carbonyl (C=O) groups is 2. The lowest BCUT2D eigenvalue weighted by Crippen LogP contribution is -2.44. The van der Waals surface area contributed by atoms with Crippen LogP contribution in [-0.4, -0.2) is 31.1 Å². The number of hydrogen-bond acceptors (Lipinski definition) is 2. The predicted molar refractivity (Wildman–Crippen MR) is 51.9 cm³/mol. The van der Waals surface area contributed by atoms with E-state index < -0.39 is 24.2 Å². The molecule has 4 nitrogen and oxygen atoms in total. The van der Waals surface area contributed by atoms with Gasteiger partial charge in [0.1, 0.15) is 6.54 Å². The van der Waals surface area contributed by atoms with Gasteiger partial charge in [0.25, 0.3) is 0 Å². The number of carbonyl (C=O) groups excluding carboxylic acids is 2. The fraction of sp³-hybridized carbons (Fsp3) is 0.778. The third kappa shape index (κ3) is 7.08. The average molecular weight is 240 g/mol. The molecule has 2 amide bonds. The highest BCUT2D eigenvalue weighted by Gasteiger charge is 2.28. The van der Waals surface area contributed by atoms with Crippen LogP contribution < -0.4 is 10.6 Å². The number of alkyl halides is 3. The van der Waals surface area contributed by atoms with Gasteiger partial charge in [-0.3, -0.25) is 4.79 Å². The maximum absolute atomic E-state index is 11.7. The van der Waals surface area contributed by atoms with Crippen LogP contribution in [-0.2, 0) is 4.79 Å². The molecule has 16 heavy (non-hydrogen) atoms. The lowest BCUT2D eigenvalue weighted by Gasteiger charge is -2.17. The number of ketones is 1. The Balaban J connectivity index is 3.88. The molecule has 0 saturated carbocycles. The van der Waals surface area contributed by atoms with Crippen molar-refractivity contribution in [2.45, 2.75) is 26.9 Å². The molecule has 0 saturated heterocycles. The number of rotatable bonds is 3. The Morgan fingerprint density at radius 1 is 1.06 bits per heavy atom. The van der Waals surface area contributed by atoms with Crippen molar-refractivity contribution < 1.29 is 22.8 Å². The first kappa shape index (κ1) is 14.7. The van der Waals surface area contributed by atoms with Crippen molar-refractivity contribution in [2.75, 3.05) is 13.1 Å². The Kier molecular flexibility index (Phi) is 4.77. The molecule has 0 atom stereocenters. The molecule has 7 heteroatoms. The van der Waals surface area contributed by atoms with E-state index in [2.05, 4.69) is 5.32 Å². The molecule has 0 aliphatic heterocycles. The third-order valence-electron chi connectivity index (χ3n) is 1.70. The van der Waals surface area contributed by atoms with E-state index in [1.165, 1.54) is 0 Å². The van der Waals surface area contributed by atoms with E-state index in [1.54, 1.807) is 26.1 Å². The average Bonchev–Trinajstić information content (AvgIpc) is 2.08. The summed E-state index contributed by atoms with van der Waals surface area (Å²) in [6.07, 6.45) is -4.45. The summed E-state index contributed by atoms with van der Waals surface area (Å²) in [4.78, 5) is 22.2. The molecular formula is C9H15F3N2O2. The summed E-state index contributed by atoms with van der Waals surface area (Å²) >= 11 is 0. The second kappa shape index (κ2) is 5.18. The number of amides is 2. The van der Waals surface area contributed by atoms with Crippen LogP contribution in [0.25, 0.3) is 0 Å². The summed E-state index contributed by atoms with van der Waals surface area (Å²) in [5.74, 6) is -0.255. The molecule has 0 fully saturated rings. The zero-order chi connectivity index (χ0) is 13.0. The number of Topliss-reactive ketones (excluding diaryl/α,β-unsaturated/α-hetero) is 1. The number of hydrogen-bond donors (Lipinski definition) is 2. The fourth-order valence-electron chi connectivity index (χ4n) is 0.669. The van der Waals surface area contributed by atoms with E-state index in [4.69, 9.17) is 0 Å². The van der Waals surface area contributed by atoms with Gasteiger partial charge in [0.15, 0.2) is 5.78 Å². The van der Waals surface area contributed by atoms with Gasteiger partial charge in [-0.25, -0.2) is 4.79 Å². The molecule has 0 spiro atoms. The van der Waals surface area contributed by atoms with E-state index in [9.17, 15) is 22.8 Å². The van der Waals surface area contributed by atoms with Gasteiger partial charge in [-0.05, 0) is 0 Å². The highest BCUT2D eigenvalue weighted by molar-refractivity contribution is 5.88. The van der Waals surface area contributed by atoms with Gasteiger partial charge < -0.3 is 10.6 Å². The van der Waals surface area contributed by atoms with Gasteiger partial charge in [-0.15, -0.1) is 0 Å². The Labute approximate surface area is 91.6 Å². The topological polar surface area (TPSA) is 58.2 Å². The van der Waals surface area contributed by atoms with Crippen molar-refractivity contribution in [3.63, 3.8) is 0 Å². The molecule has 0 rings (SSSR count). The van der Waals surface area contributed by atoms with Gasteiger partial charge in [0.2, 0.25) is 0 Å². The second-order valence-corrected chi connectivity index (χ2v) is 4.32. The summed E-state index contributed by atoms with van der Waals surface area (Å²) in [5.41, 5.74) is -0.628. The first-order chi connectivity index (χ1) is 7.02. The minimum Gasteiger partial charge on any atom is -0.331 e. The van der Waals surface area contributed by atoms with E-state index >= 15 is 0 Å². The SMILES string of the molecule is CC(C)(C)C(=O)CNC(=O)NCC(F)(F)F. The zero-order valence-electron chi connectivity index (χ0n) is 9.36. The van der Waals surface area contributed by atoms with Gasteiger partial charge in [-0.1, -0.05) is 20.8 Å². The standard InChI is InChI=1S/C9H15F3N2O2/c1-8(2,3)6(15)4-13-7(16)14-5-9(10,11)12/h4-5H2,1-3H3,(H2,13,14,16). The molecular weight excluding hydrogens is 225 g/mol. The van der Waals surface area contributed by atoms with Crippen molar-refractivity contribution in [3.8, 4) is 0 Å². The maximum Gasteiger partial charge on any atom is 0.405 e. The summed E-state index contributed by atoms with van der Waals surface area (Å²) in [5, 5.41) is 3.66. The Hall–Kier alpha value is -1.27. The zero-order valence-corrected chi connectivity index (χ0v) is 9.36. The molecule has 0 radical (unpaired) electrons. The minimum atomic E-state index is -4.45. The molecule has 0 aromatic rings. The van der Waals surface area contributed by atoms with Crippen molar-refractivity contribution in [2.24, 2.45) is 5.41 Å². The summed E-state index contributed by atoms with van der Waals surface area (Å²) < 4.78 is 35.1. The van der Waals surface area contributed by atoms with Gasteiger partial charge in [0, 0.05) is 5.41 Å². The molecule has 94 valence electrons. The van der Waals surface area contributed by atoms with Crippen LogP contribution in [0, 0.1) is 5.41 Å². The molecule has 0 heterocycles. The second-order valence-electron chi connectivity index (χ2n) is 4.32. The van der Waals surface area contributed by atoms with E-state index in [-0.39, 0.29) is 12.3 Å². The monoisotopic (exact) mass is 240 g/mol. The van der Waals surface area contributed by atoms with Gasteiger partial charge >= 0.3 is 12.2 Å². The number of urea groups is 1. The van der Waals surface area contributed by atoms with E-state index in [1.807, 2.05) is 0 Å². The van der Waals surface area contributed by atoms with Crippen molar-refractivity contribution in [3.05, 3.63) is 0 Å². The first-order valence-corrected chi connectivity index (χ1v) is 4.64. The van der Waals surface area contributed by atoms with Crippen molar-refractivity contribution in [1.29, 1.82) is 0 Å². The Morgan fingerprint density at radius 2 is 1.56 bits per heavy atom. The molecule has 0 unspecified atom stereocenters. The van der Waals surface area contributed by atoms with Crippen LogP contribution in [0.4, 0.5) is 18.0 Å². The molecule has 0 aromatic carbocycles. The van der Waals surface area contributed by atoms with Crippen LogP contribution in [0.2, 0.25) is 0 Å². The van der Waals surface area contributed by atoms with E-state index in [0.717, 1.165) is 0 Å². The normalized spacial score (nSPS) is 12.1. The van der Waals surface area contributed by atoms with Crippen LogP contribution >= 0.6 is 0 Å². The molecule has 0 aliphatic carbocycles. The Morgan fingerprint density at radius 3 is 1.94 bits per heavy atom. The lowest BCUT2D eigenvalue weighted by atomic mass is 9.91. The number of halogens is 3. The quantitative estimate of drug-likeness (QED) is 0.784. The molecule has 0 aliphatic rings. The first-order valence-electron chi connectivity index (χ1n) is 4.64. The van der Waals surface area contributed by atoms with Gasteiger partial charge in [-0.2, -0.15) is 13.2 Å². The van der Waals surface area contributed by atoms with Crippen molar-refractivity contribution in [1.82, 2.24) is 10.6 Å². The molecule has 0 bridgehead atoms. The maximum atomic E-state index is 11.7. The largest absolute Gasteiger partial charge is 0.405 e. The number of nitrogens with one attached hydrogen (secondary N) is 2. The predicted octanol–water partition coefficient (Wildman–Crippen LogP) is 1.46. The van der Waals surface area contributed by atoms with Crippen LogP contribution in [0.15, 0.2) is 0 Å². The summed E-state index contributed by atoms with van der Waals surface area (Å²) in [6, 6.07) is -1.00. The highest BCUT2D eigenvalue weighted by Crippen LogP contribution is 2.13. The van der Waals surface area contributed by atoms with Crippen molar-refractivity contribution >= 4 is 11.8 Å².